The molecule has 0 bridgehead atoms. The van der Waals surface area contributed by atoms with Crippen molar-refractivity contribution in [3.63, 3.8) is 0 Å². The summed E-state index contributed by atoms with van der Waals surface area (Å²) in [6.07, 6.45) is -2.76. The van der Waals surface area contributed by atoms with Gasteiger partial charge in [0.2, 0.25) is 0 Å². The van der Waals surface area contributed by atoms with Crippen LogP contribution in [-0.4, -0.2) is 0 Å². The molecule has 3 heteroatoms. The number of rotatable bonds is 2. The molecule has 0 amide bonds. The molecule has 0 aliphatic heterocycles. The van der Waals surface area contributed by atoms with Crippen molar-refractivity contribution in [1.82, 2.24) is 0 Å². The van der Waals surface area contributed by atoms with Crippen molar-refractivity contribution in [1.29, 1.82) is 0 Å². The van der Waals surface area contributed by atoms with Crippen LogP contribution >= 0.6 is 0 Å². The molecule has 19 heavy (non-hydrogen) atoms. The quantitative estimate of drug-likeness (QED) is 0.647. The molecule has 0 heterocycles. The Morgan fingerprint density at radius 2 is 1.47 bits per heavy atom. The van der Waals surface area contributed by atoms with Gasteiger partial charge in [0.25, 0.3) is 0 Å². The number of benzene rings is 2. The fourth-order valence-corrected chi connectivity index (χ4v) is 1.90. The Balaban J connectivity index is 2.44. The van der Waals surface area contributed by atoms with Gasteiger partial charge in [-0.15, -0.1) is 0 Å². The largest absolute Gasteiger partial charge is 0.416 e. The van der Waals surface area contributed by atoms with Crippen molar-refractivity contribution in [3.05, 3.63) is 71.3 Å². The molecule has 0 radical (unpaired) electrons. The average Bonchev–Trinajstić information content (AvgIpc) is 2.39. The van der Waals surface area contributed by atoms with Crippen LogP contribution in [0, 0.1) is 0 Å². The lowest BCUT2D eigenvalue weighted by molar-refractivity contribution is -0.137. The SMILES string of the molecule is C/C(=C/c1ccccc1C(F)(F)F)c1ccccc1. The number of hydrogen-bond donors (Lipinski definition) is 0. The van der Waals surface area contributed by atoms with Crippen molar-refractivity contribution in [2.75, 3.05) is 0 Å². The fourth-order valence-electron chi connectivity index (χ4n) is 1.90. The van der Waals surface area contributed by atoms with Crippen LogP contribution in [0.25, 0.3) is 11.6 Å². The van der Waals surface area contributed by atoms with Gasteiger partial charge in [0, 0.05) is 0 Å². The fraction of sp³-hybridized carbons (Fsp3) is 0.125. The lowest BCUT2D eigenvalue weighted by Crippen LogP contribution is -2.06. The van der Waals surface area contributed by atoms with Crippen LogP contribution in [0.3, 0.4) is 0 Å². The van der Waals surface area contributed by atoms with Gasteiger partial charge in [-0.2, -0.15) is 13.2 Å². The molecule has 0 unspecified atom stereocenters. The molecule has 0 aliphatic carbocycles. The summed E-state index contributed by atoms with van der Waals surface area (Å²) in [5, 5.41) is 0. The molecule has 0 aromatic heterocycles. The molecule has 0 saturated carbocycles. The van der Waals surface area contributed by atoms with E-state index in [1.54, 1.807) is 12.1 Å². The summed E-state index contributed by atoms with van der Waals surface area (Å²) in [4.78, 5) is 0. The second kappa shape index (κ2) is 5.31. The Hall–Kier alpha value is -2.03. The zero-order chi connectivity index (χ0) is 13.9. The predicted molar refractivity (Wildman–Crippen MR) is 71.4 cm³/mol. The maximum absolute atomic E-state index is 12.9. The highest BCUT2D eigenvalue weighted by Crippen LogP contribution is 2.33. The maximum atomic E-state index is 12.9. The first-order valence-electron chi connectivity index (χ1n) is 5.88. The minimum Gasteiger partial charge on any atom is -0.166 e. The number of halogens is 3. The minimum atomic E-state index is -4.33. The summed E-state index contributed by atoms with van der Waals surface area (Å²) >= 11 is 0. The first-order chi connectivity index (χ1) is 8.98. The Morgan fingerprint density at radius 3 is 2.11 bits per heavy atom. The lowest BCUT2D eigenvalue weighted by Gasteiger charge is -2.11. The van der Waals surface area contributed by atoms with E-state index in [0.717, 1.165) is 17.2 Å². The van der Waals surface area contributed by atoms with Crippen molar-refractivity contribution in [2.24, 2.45) is 0 Å². The molecule has 0 atom stereocenters. The van der Waals surface area contributed by atoms with E-state index in [9.17, 15) is 13.2 Å². The molecule has 0 N–H and O–H groups in total. The molecule has 0 aliphatic rings. The van der Waals surface area contributed by atoms with E-state index < -0.39 is 11.7 Å². The second-order valence-corrected chi connectivity index (χ2v) is 4.28. The second-order valence-electron chi connectivity index (χ2n) is 4.28. The highest BCUT2D eigenvalue weighted by Gasteiger charge is 2.32. The maximum Gasteiger partial charge on any atom is 0.416 e. The van der Waals surface area contributed by atoms with Crippen molar-refractivity contribution in [2.45, 2.75) is 13.1 Å². The highest BCUT2D eigenvalue weighted by molar-refractivity contribution is 5.81. The normalized spacial score (nSPS) is 12.5. The third-order valence-electron chi connectivity index (χ3n) is 2.87. The third-order valence-corrected chi connectivity index (χ3v) is 2.87. The molecular formula is C16H13F3. The Labute approximate surface area is 110 Å². The first-order valence-corrected chi connectivity index (χ1v) is 5.88. The minimum absolute atomic E-state index is 0.191. The average molecular weight is 262 g/mol. The molecule has 0 nitrogen and oxygen atoms in total. The van der Waals surface area contributed by atoms with Crippen molar-refractivity contribution < 1.29 is 13.2 Å². The van der Waals surface area contributed by atoms with Crippen molar-refractivity contribution in [3.8, 4) is 0 Å². The van der Waals surface area contributed by atoms with E-state index in [0.29, 0.717) is 0 Å². The van der Waals surface area contributed by atoms with Gasteiger partial charge in [-0.25, -0.2) is 0 Å². The van der Waals surface area contributed by atoms with Gasteiger partial charge < -0.3 is 0 Å². The summed E-state index contributed by atoms with van der Waals surface area (Å²) in [5.41, 5.74) is 1.30. The summed E-state index contributed by atoms with van der Waals surface area (Å²) in [7, 11) is 0. The van der Waals surface area contributed by atoms with Gasteiger partial charge >= 0.3 is 6.18 Å². The topological polar surface area (TPSA) is 0 Å². The van der Waals surface area contributed by atoms with E-state index in [2.05, 4.69) is 0 Å². The molecule has 2 rings (SSSR count). The zero-order valence-corrected chi connectivity index (χ0v) is 10.4. The lowest BCUT2D eigenvalue weighted by atomic mass is 10.0. The van der Waals surface area contributed by atoms with Crippen LogP contribution in [-0.2, 0) is 6.18 Å². The van der Waals surface area contributed by atoms with E-state index in [4.69, 9.17) is 0 Å². The van der Waals surface area contributed by atoms with E-state index in [-0.39, 0.29) is 5.56 Å². The Bertz CT molecular complexity index is 580. The van der Waals surface area contributed by atoms with Crippen LogP contribution in [0.4, 0.5) is 13.2 Å². The van der Waals surface area contributed by atoms with Gasteiger partial charge in [0.1, 0.15) is 0 Å². The number of hydrogen-bond acceptors (Lipinski definition) is 0. The summed E-state index contributed by atoms with van der Waals surface area (Å²) in [6.45, 7) is 1.81. The molecule has 0 spiro atoms. The summed E-state index contributed by atoms with van der Waals surface area (Å²) in [5.74, 6) is 0. The van der Waals surface area contributed by atoms with E-state index >= 15 is 0 Å². The smallest absolute Gasteiger partial charge is 0.166 e. The number of alkyl halides is 3. The van der Waals surface area contributed by atoms with Crippen LogP contribution in [0.5, 0.6) is 0 Å². The third kappa shape index (κ3) is 3.25. The molecule has 98 valence electrons. The van der Waals surface area contributed by atoms with Crippen LogP contribution in [0.1, 0.15) is 23.6 Å². The highest BCUT2D eigenvalue weighted by atomic mass is 19.4. The number of allylic oxidation sites excluding steroid dienone is 1. The predicted octanol–water partition coefficient (Wildman–Crippen LogP) is 5.27. The van der Waals surface area contributed by atoms with Crippen LogP contribution in [0.15, 0.2) is 54.6 Å². The first kappa shape index (κ1) is 13.4. The van der Waals surface area contributed by atoms with Crippen LogP contribution < -0.4 is 0 Å². The van der Waals surface area contributed by atoms with Gasteiger partial charge in [-0.05, 0) is 29.7 Å². The Kier molecular flexibility index (Phi) is 3.74. The Morgan fingerprint density at radius 1 is 0.895 bits per heavy atom. The molecule has 2 aromatic carbocycles. The van der Waals surface area contributed by atoms with Crippen LogP contribution in [0.2, 0.25) is 0 Å². The molecule has 0 saturated heterocycles. The van der Waals surface area contributed by atoms with Crippen molar-refractivity contribution >= 4 is 11.6 Å². The van der Waals surface area contributed by atoms with Gasteiger partial charge in [-0.3, -0.25) is 0 Å². The summed E-state index contributed by atoms with van der Waals surface area (Å²) in [6, 6.07) is 15.0. The van der Waals surface area contributed by atoms with Gasteiger partial charge in [0.05, 0.1) is 5.56 Å². The van der Waals surface area contributed by atoms with E-state index in [1.165, 1.54) is 12.1 Å². The monoisotopic (exact) mass is 262 g/mol. The summed E-state index contributed by atoms with van der Waals surface area (Å²) < 4.78 is 38.6. The van der Waals surface area contributed by atoms with Gasteiger partial charge in [0.15, 0.2) is 0 Å². The van der Waals surface area contributed by atoms with Gasteiger partial charge in [-0.1, -0.05) is 54.6 Å². The molecule has 0 fully saturated rings. The molecular weight excluding hydrogens is 249 g/mol. The zero-order valence-electron chi connectivity index (χ0n) is 10.4. The molecule has 2 aromatic rings. The van der Waals surface area contributed by atoms with E-state index in [1.807, 2.05) is 37.3 Å². The standard InChI is InChI=1S/C16H13F3/c1-12(13-7-3-2-4-8-13)11-14-9-5-6-10-15(14)16(17,18)19/h2-11H,1H3/b12-11-.